The highest BCUT2D eigenvalue weighted by atomic mass is 16.3. The summed E-state index contributed by atoms with van der Waals surface area (Å²) >= 11 is 0. The van der Waals surface area contributed by atoms with E-state index in [0.717, 1.165) is 23.7 Å². The molecule has 1 aromatic carbocycles. The van der Waals surface area contributed by atoms with E-state index < -0.39 is 5.54 Å². The zero-order chi connectivity index (χ0) is 14.2. The molecule has 4 nitrogen and oxygen atoms in total. The molecule has 3 rings (SSSR count). The molecule has 1 unspecified atom stereocenters. The standard InChI is InChI=1S/C16H18N2O2/c1-16(10-19,13-5-6-13)18-15(20)12-4-7-14-11(9-12)3-2-8-17-14/h2-4,7-9,13,19H,5-6,10H2,1H3,(H,18,20). The number of aliphatic hydroxyl groups excluding tert-OH is 1. The van der Waals surface area contributed by atoms with E-state index in [4.69, 9.17) is 0 Å². The normalized spacial score (nSPS) is 17.7. The Kier molecular flexibility index (Phi) is 3.18. The average Bonchev–Trinajstić information content (AvgIpc) is 3.31. The van der Waals surface area contributed by atoms with Crippen molar-refractivity contribution in [3.05, 3.63) is 42.1 Å². The van der Waals surface area contributed by atoms with Gasteiger partial charge < -0.3 is 10.4 Å². The molecule has 1 aromatic heterocycles. The van der Waals surface area contributed by atoms with Gasteiger partial charge in [-0.1, -0.05) is 6.07 Å². The minimum Gasteiger partial charge on any atom is -0.394 e. The summed E-state index contributed by atoms with van der Waals surface area (Å²) in [6.45, 7) is 1.88. The predicted octanol–water partition coefficient (Wildman–Crippen LogP) is 2.13. The number of aromatic nitrogens is 1. The molecule has 0 bridgehead atoms. The lowest BCUT2D eigenvalue weighted by atomic mass is 9.96. The quantitative estimate of drug-likeness (QED) is 0.894. The number of hydrogen-bond acceptors (Lipinski definition) is 3. The summed E-state index contributed by atoms with van der Waals surface area (Å²) in [5.74, 6) is 0.248. The number of carbonyl (C=O) groups is 1. The number of nitrogens with zero attached hydrogens (tertiary/aromatic N) is 1. The largest absolute Gasteiger partial charge is 0.394 e. The van der Waals surface area contributed by atoms with Crippen LogP contribution in [0.4, 0.5) is 0 Å². The average molecular weight is 270 g/mol. The highest BCUT2D eigenvalue weighted by Gasteiger charge is 2.42. The van der Waals surface area contributed by atoms with Gasteiger partial charge in [-0.15, -0.1) is 0 Å². The summed E-state index contributed by atoms with van der Waals surface area (Å²) < 4.78 is 0. The molecule has 0 aliphatic heterocycles. The van der Waals surface area contributed by atoms with E-state index in [2.05, 4.69) is 10.3 Å². The number of benzene rings is 1. The van der Waals surface area contributed by atoms with E-state index in [0.29, 0.717) is 11.5 Å². The number of hydrogen-bond donors (Lipinski definition) is 2. The Morgan fingerprint density at radius 1 is 1.45 bits per heavy atom. The highest BCUT2D eigenvalue weighted by molar-refractivity contribution is 5.98. The third-order valence-corrected chi connectivity index (χ3v) is 4.07. The third kappa shape index (κ3) is 2.39. The smallest absolute Gasteiger partial charge is 0.251 e. The Bertz CT molecular complexity index is 652. The maximum absolute atomic E-state index is 12.4. The van der Waals surface area contributed by atoms with Crippen LogP contribution in [0.1, 0.15) is 30.1 Å². The number of carbonyl (C=O) groups excluding carboxylic acids is 1. The molecule has 20 heavy (non-hydrogen) atoms. The van der Waals surface area contributed by atoms with Crippen molar-refractivity contribution in [3.63, 3.8) is 0 Å². The van der Waals surface area contributed by atoms with Crippen LogP contribution in [0, 0.1) is 5.92 Å². The van der Waals surface area contributed by atoms with Crippen molar-refractivity contribution in [1.82, 2.24) is 10.3 Å². The van der Waals surface area contributed by atoms with Crippen LogP contribution in [0.5, 0.6) is 0 Å². The van der Waals surface area contributed by atoms with Crippen LogP contribution in [0.2, 0.25) is 0 Å². The van der Waals surface area contributed by atoms with E-state index in [9.17, 15) is 9.90 Å². The number of aliphatic hydroxyl groups is 1. The molecule has 1 saturated carbocycles. The van der Waals surface area contributed by atoms with Crippen molar-refractivity contribution < 1.29 is 9.90 Å². The first-order chi connectivity index (χ1) is 9.62. The third-order valence-electron chi connectivity index (χ3n) is 4.07. The van der Waals surface area contributed by atoms with Crippen LogP contribution in [-0.4, -0.2) is 28.1 Å². The zero-order valence-corrected chi connectivity index (χ0v) is 11.5. The molecule has 104 valence electrons. The fourth-order valence-electron chi connectivity index (χ4n) is 2.54. The molecule has 1 aliphatic rings. The first kappa shape index (κ1) is 13.1. The molecule has 1 aliphatic carbocycles. The summed E-state index contributed by atoms with van der Waals surface area (Å²) in [4.78, 5) is 16.6. The van der Waals surface area contributed by atoms with E-state index in [1.807, 2.05) is 31.2 Å². The molecule has 1 atom stereocenters. The summed E-state index contributed by atoms with van der Waals surface area (Å²) in [5, 5.41) is 13.5. The van der Waals surface area contributed by atoms with Gasteiger partial charge in [-0.2, -0.15) is 0 Å². The first-order valence-corrected chi connectivity index (χ1v) is 6.90. The Morgan fingerprint density at radius 2 is 2.25 bits per heavy atom. The van der Waals surface area contributed by atoms with Crippen LogP contribution < -0.4 is 5.32 Å². The molecule has 0 radical (unpaired) electrons. The fourth-order valence-corrected chi connectivity index (χ4v) is 2.54. The summed E-state index contributed by atoms with van der Waals surface area (Å²) in [6, 6.07) is 9.24. The molecule has 1 amide bonds. The number of nitrogens with one attached hydrogen (secondary N) is 1. The van der Waals surface area contributed by atoms with Gasteiger partial charge in [-0.3, -0.25) is 9.78 Å². The summed E-state index contributed by atoms with van der Waals surface area (Å²) in [6.07, 6.45) is 3.87. The lowest BCUT2D eigenvalue weighted by molar-refractivity contribution is 0.0824. The van der Waals surface area contributed by atoms with Crippen LogP contribution >= 0.6 is 0 Å². The van der Waals surface area contributed by atoms with Gasteiger partial charge in [0.2, 0.25) is 0 Å². The molecular weight excluding hydrogens is 252 g/mol. The maximum Gasteiger partial charge on any atom is 0.251 e. The lowest BCUT2D eigenvalue weighted by Gasteiger charge is -2.28. The van der Waals surface area contributed by atoms with Gasteiger partial charge in [-0.25, -0.2) is 0 Å². The molecule has 0 spiro atoms. The van der Waals surface area contributed by atoms with Gasteiger partial charge >= 0.3 is 0 Å². The number of fused-ring (bicyclic) bond motifs is 1. The van der Waals surface area contributed by atoms with Crippen molar-refractivity contribution in [2.24, 2.45) is 5.92 Å². The summed E-state index contributed by atoms with van der Waals surface area (Å²) in [5.41, 5.74) is 0.961. The van der Waals surface area contributed by atoms with Gasteiger partial charge in [0.1, 0.15) is 0 Å². The SMILES string of the molecule is CC(CO)(NC(=O)c1ccc2ncccc2c1)C1CC1. The molecule has 0 saturated heterocycles. The van der Waals surface area contributed by atoms with Crippen molar-refractivity contribution >= 4 is 16.8 Å². The molecule has 1 heterocycles. The Balaban J connectivity index is 1.84. The topological polar surface area (TPSA) is 62.2 Å². The van der Waals surface area contributed by atoms with Crippen LogP contribution in [0.15, 0.2) is 36.5 Å². The summed E-state index contributed by atoms with van der Waals surface area (Å²) in [7, 11) is 0. The van der Waals surface area contributed by atoms with Gasteiger partial charge in [0, 0.05) is 17.1 Å². The molecule has 2 aromatic rings. The van der Waals surface area contributed by atoms with E-state index in [1.54, 1.807) is 12.3 Å². The van der Waals surface area contributed by atoms with Crippen LogP contribution in [-0.2, 0) is 0 Å². The molecule has 1 fully saturated rings. The Hall–Kier alpha value is -1.94. The van der Waals surface area contributed by atoms with Crippen molar-refractivity contribution in [1.29, 1.82) is 0 Å². The first-order valence-electron chi connectivity index (χ1n) is 6.90. The zero-order valence-electron chi connectivity index (χ0n) is 11.5. The van der Waals surface area contributed by atoms with Gasteiger partial charge in [0.15, 0.2) is 0 Å². The fraction of sp³-hybridized carbons (Fsp3) is 0.375. The minimum atomic E-state index is -0.513. The lowest BCUT2D eigenvalue weighted by Crippen LogP contribution is -2.50. The molecule has 2 N–H and O–H groups in total. The van der Waals surface area contributed by atoms with Crippen LogP contribution in [0.25, 0.3) is 10.9 Å². The van der Waals surface area contributed by atoms with Crippen molar-refractivity contribution in [2.75, 3.05) is 6.61 Å². The van der Waals surface area contributed by atoms with Crippen molar-refractivity contribution in [2.45, 2.75) is 25.3 Å². The van der Waals surface area contributed by atoms with Crippen LogP contribution in [0.3, 0.4) is 0 Å². The Morgan fingerprint density at radius 3 is 2.95 bits per heavy atom. The van der Waals surface area contributed by atoms with E-state index in [1.165, 1.54) is 0 Å². The minimum absolute atomic E-state index is 0.0292. The highest BCUT2D eigenvalue weighted by Crippen LogP contribution is 2.39. The van der Waals surface area contributed by atoms with Gasteiger partial charge in [-0.05, 0) is 49.9 Å². The second-order valence-electron chi connectivity index (χ2n) is 5.71. The van der Waals surface area contributed by atoms with Gasteiger partial charge in [0.25, 0.3) is 5.91 Å². The van der Waals surface area contributed by atoms with Gasteiger partial charge in [0.05, 0.1) is 17.7 Å². The van der Waals surface area contributed by atoms with Crippen molar-refractivity contribution in [3.8, 4) is 0 Å². The molecular formula is C16H18N2O2. The number of rotatable bonds is 4. The molecule has 4 heteroatoms. The number of amides is 1. The number of pyridine rings is 1. The Labute approximate surface area is 117 Å². The van der Waals surface area contributed by atoms with E-state index in [-0.39, 0.29) is 12.5 Å². The maximum atomic E-state index is 12.4. The van der Waals surface area contributed by atoms with E-state index >= 15 is 0 Å². The predicted molar refractivity (Wildman–Crippen MR) is 77.4 cm³/mol. The second kappa shape index (κ2) is 4.87. The monoisotopic (exact) mass is 270 g/mol. The second-order valence-corrected chi connectivity index (χ2v) is 5.71.